The maximum absolute atomic E-state index is 13.6. The number of aromatic carboxylic acids is 1. The molecule has 4 unspecified atom stereocenters. The average molecular weight is 820 g/mol. The number of hydrogen-bond acceptors (Lipinski definition) is 11. The molecule has 2 aromatic carbocycles. The number of fused-ring (bicyclic) bond motifs is 2. The molecule has 3 aromatic heterocycles. The van der Waals surface area contributed by atoms with Crippen molar-refractivity contribution in [3.63, 3.8) is 0 Å². The van der Waals surface area contributed by atoms with Crippen LogP contribution in [0.25, 0.3) is 21.3 Å². The molecule has 5 atom stereocenters. The Morgan fingerprint density at radius 1 is 0.983 bits per heavy atom. The largest absolute Gasteiger partial charge is 0.476 e. The van der Waals surface area contributed by atoms with E-state index in [1.165, 1.54) is 11.3 Å². The van der Waals surface area contributed by atoms with Gasteiger partial charge in [0.15, 0.2) is 10.8 Å². The lowest BCUT2D eigenvalue weighted by molar-refractivity contribution is -0.104. The van der Waals surface area contributed by atoms with Crippen molar-refractivity contribution in [2.45, 2.75) is 90.5 Å². The Balaban J connectivity index is 0.912. The molecule has 14 heteroatoms. The molecular formula is C45H53N7O6S. The number of amides is 1. The molecule has 4 bridgehead atoms. The topological polar surface area (TPSA) is 175 Å². The van der Waals surface area contributed by atoms with Crippen molar-refractivity contribution in [2.75, 3.05) is 43.1 Å². The molecular weight excluding hydrogens is 767 g/mol. The summed E-state index contributed by atoms with van der Waals surface area (Å²) in [5.41, 5.74) is 5.61. The van der Waals surface area contributed by atoms with Crippen LogP contribution < -0.4 is 15.5 Å². The number of anilines is 2. The van der Waals surface area contributed by atoms with E-state index in [9.17, 15) is 19.8 Å². The van der Waals surface area contributed by atoms with Crippen LogP contribution in [0.5, 0.6) is 0 Å². The third-order valence-corrected chi connectivity index (χ3v) is 14.6. The van der Waals surface area contributed by atoms with Crippen LogP contribution >= 0.6 is 11.3 Å². The number of nitrogens with zero attached hydrogens (tertiary/aromatic N) is 5. The maximum atomic E-state index is 13.6. The van der Waals surface area contributed by atoms with E-state index in [0.29, 0.717) is 67.7 Å². The summed E-state index contributed by atoms with van der Waals surface area (Å²) in [6.07, 6.45) is 7.59. The number of carboxylic acids is 1. The van der Waals surface area contributed by atoms with Crippen molar-refractivity contribution < 1.29 is 29.6 Å². The molecule has 4 saturated carbocycles. The van der Waals surface area contributed by atoms with Gasteiger partial charge in [0.25, 0.3) is 5.91 Å². The summed E-state index contributed by atoms with van der Waals surface area (Å²) in [6.45, 7) is 10.3. The highest BCUT2D eigenvalue weighted by molar-refractivity contribution is 7.22. The fourth-order valence-electron chi connectivity index (χ4n) is 11.7. The summed E-state index contributed by atoms with van der Waals surface area (Å²) in [7, 11) is 0. The van der Waals surface area contributed by atoms with Crippen molar-refractivity contribution in [1.82, 2.24) is 25.1 Å². The van der Waals surface area contributed by atoms with Gasteiger partial charge < -0.3 is 30.3 Å². The van der Waals surface area contributed by atoms with Crippen LogP contribution in [0.4, 0.5) is 10.9 Å². The number of hydrogen-bond donors (Lipinski definition) is 5. The first-order valence-electron chi connectivity index (χ1n) is 20.7. The number of aliphatic hydroxyl groups is 2. The normalized spacial score (nSPS) is 26.1. The Hall–Kier alpha value is -4.73. The third-order valence-electron chi connectivity index (χ3n) is 13.7. The summed E-state index contributed by atoms with van der Waals surface area (Å²) in [5, 5.41) is 41.1. The van der Waals surface area contributed by atoms with Crippen LogP contribution in [0.1, 0.15) is 90.0 Å². The zero-order valence-electron chi connectivity index (χ0n) is 34.0. The van der Waals surface area contributed by atoms with E-state index in [0.717, 1.165) is 71.2 Å². The molecule has 4 aliphatic carbocycles. The van der Waals surface area contributed by atoms with Crippen LogP contribution in [-0.2, 0) is 24.2 Å². The van der Waals surface area contributed by atoms with Crippen LogP contribution in [0, 0.1) is 23.2 Å². The van der Waals surface area contributed by atoms with E-state index < -0.39 is 12.1 Å². The molecule has 5 N–H and O–H groups in total. The Kier molecular flexibility index (Phi) is 10.1. The van der Waals surface area contributed by atoms with E-state index in [1.54, 1.807) is 6.20 Å². The van der Waals surface area contributed by atoms with Gasteiger partial charge >= 0.3 is 5.97 Å². The number of thiazole rings is 1. The number of benzene rings is 2. The standard InChI is InChI=1S/C45H53N7O6S/c1-28-33(19-47-52(28)27-44-23-42(2)22-43(3,25-44)45(24-42,26-44)58-18-16-46-15-13-30(54)21-53)31-11-12-37(49-38(31)40(56)57)51-17-14-29-7-6-8-32(34(29)20-51)39(55)50-41-48-35-9-4-5-10-36(35)59-41/h4-12,19,30,46,53-54H,13-18,20-27H2,1-3H3,(H,56,57)(H,48,50,55)/t30-,42?,43?,44?,45?/m0/s1. The van der Waals surface area contributed by atoms with Crippen LogP contribution in [0.3, 0.4) is 0 Å². The number of carbonyl (C=O) groups is 2. The second kappa shape index (κ2) is 15.1. The summed E-state index contributed by atoms with van der Waals surface area (Å²) in [4.78, 5) is 37.9. The van der Waals surface area contributed by atoms with Gasteiger partial charge in [-0.3, -0.25) is 14.8 Å². The van der Waals surface area contributed by atoms with Gasteiger partial charge in [0.05, 0.1) is 41.3 Å². The summed E-state index contributed by atoms with van der Waals surface area (Å²) >= 11 is 1.44. The van der Waals surface area contributed by atoms with E-state index in [1.807, 2.05) is 66.4 Å². The van der Waals surface area contributed by atoms with Crippen molar-refractivity contribution in [3.05, 3.63) is 88.9 Å². The number of para-hydroxylation sites is 1. The molecule has 1 aliphatic heterocycles. The average Bonchev–Trinajstić information content (AvgIpc) is 3.87. The van der Waals surface area contributed by atoms with E-state index in [-0.39, 0.29) is 40.1 Å². The van der Waals surface area contributed by atoms with Gasteiger partial charge in [-0.1, -0.05) is 49.4 Å². The number of aromatic nitrogens is 4. The first-order chi connectivity index (χ1) is 28.3. The number of rotatable bonds is 15. The Labute approximate surface area is 347 Å². The smallest absolute Gasteiger partial charge is 0.355 e. The second-order valence-corrected chi connectivity index (χ2v) is 19.2. The molecule has 1 amide bonds. The van der Waals surface area contributed by atoms with Gasteiger partial charge in [-0.05, 0) is 116 Å². The maximum Gasteiger partial charge on any atom is 0.355 e. The Bertz CT molecular complexity index is 2400. The number of carboxylic acid groups (broad SMARTS) is 1. The highest BCUT2D eigenvalue weighted by atomic mass is 32.1. The van der Waals surface area contributed by atoms with Crippen molar-refractivity contribution in [1.29, 1.82) is 0 Å². The van der Waals surface area contributed by atoms with Gasteiger partial charge in [0, 0.05) is 48.6 Å². The fraction of sp³-hybridized carbons (Fsp3) is 0.489. The summed E-state index contributed by atoms with van der Waals surface area (Å²) < 4.78 is 9.93. The lowest BCUT2D eigenvalue weighted by Crippen LogP contribution is -2.44. The molecule has 310 valence electrons. The summed E-state index contributed by atoms with van der Waals surface area (Å²) in [5.74, 6) is -0.787. The van der Waals surface area contributed by atoms with Crippen LogP contribution in [0.15, 0.2) is 60.8 Å². The minimum absolute atomic E-state index is 0.0130. The van der Waals surface area contributed by atoms with Gasteiger partial charge in [-0.2, -0.15) is 5.10 Å². The zero-order valence-corrected chi connectivity index (χ0v) is 34.8. The molecule has 59 heavy (non-hydrogen) atoms. The molecule has 0 saturated heterocycles. The number of aliphatic hydroxyl groups excluding tert-OH is 2. The fourth-order valence-corrected chi connectivity index (χ4v) is 12.6. The van der Waals surface area contributed by atoms with Gasteiger partial charge in [-0.15, -0.1) is 0 Å². The number of carbonyl (C=O) groups excluding carboxylic acids is 1. The quantitative estimate of drug-likeness (QED) is 0.0734. The minimum atomic E-state index is -1.11. The molecule has 0 radical (unpaired) electrons. The molecule has 5 aromatic rings. The van der Waals surface area contributed by atoms with E-state index in [4.69, 9.17) is 19.9 Å². The third kappa shape index (κ3) is 7.22. The molecule has 4 heterocycles. The van der Waals surface area contributed by atoms with Gasteiger partial charge in [0.2, 0.25) is 0 Å². The van der Waals surface area contributed by atoms with E-state index in [2.05, 4.69) is 34.1 Å². The lowest BCUT2D eigenvalue weighted by atomic mass is 9.60. The molecule has 0 spiro atoms. The molecule has 10 rings (SSSR count). The predicted octanol–water partition coefficient (Wildman–Crippen LogP) is 6.46. The SMILES string of the molecule is Cc1c(-c2ccc(N3CCc4cccc(C(=O)Nc5nc6ccccc6s5)c4C3)nc2C(=O)O)cnn1CC12CC3(C)CC(C)(C1)C(OCCNCC[C@H](O)CO)(C3)C2. The van der Waals surface area contributed by atoms with Gasteiger partial charge in [-0.25, -0.2) is 14.8 Å². The number of ether oxygens (including phenoxy) is 1. The highest BCUT2D eigenvalue weighted by Crippen LogP contribution is 2.77. The van der Waals surface area contributed by atoms with Crippen molar-refractivity contribution >= 4 is 44.4 Å². The molecule has 4 fully saturated rings. The van der Waals surface area contributed by atoms with E-state index >= 15 is 0 Å². The van der Waals surface area contributed by atoms with Gasteiger partial charge in [0.1, 0.15) is 5.82 Å². The lowest BCUT2D eigenvalue weighted by Gasteiger charge is -2.46. The monoisotopic (exact) mass is 819 g/mol. The van der Waals surface area contributed by atoms with Crippen LogP contribution in [-0.4, -0.2) is 91.5 Å². The Morgan fingerprint density at radius 2 is 1.83 bits per heavy atom. The second-order valence-electron chi connectivity index (χ2n) is 18.2. The molecule has 5 aliphatic rings. The van der Waals surface area contributed by atoms with Crippen LogP contribution in [0.2, 0.25) is 0 Å². The zero-order chi connectivity index (χ0) is 41.2. The van der Waals surface area contributed by atoms with Crippen molar-refractivity contribution in [3.8, 4) is 11.1 Å². The first-order valence-corrected chi connectivity index (χ1v) is 21.6. The first kappa shape index (κ1) is 39.7. The highest BCUT2D eigenvalue weighted by Gasteiger charge is 2.74. The summed E-state index contributed by atoms with van der Waals surface area (Å²) in [6, 6.07) is 17.3. The number of nitrogens with one attached hydrogen (secondary N) is 2. The molecule has 13 nitrogen and oxygen atoms in total. The minimum Gasteiger partial charge on any atom is -0.476 e. The van der Waals surface area contributed by atoms with Crippen molar-refractivity contribution in [2.24, 2.45) is 16.2 Å². The predicted molar refractivity (Wildman–Crippen MR) is 227 cm³/mol. The Morgan fingerprint density at radius 3 is 2.64 bits per heavy atom. The number of pyridine rings is 1.